The maximum atomic E-state index is 13.5. The lowest BCUT2D eigenvalue weighted by atomic mass is 9.94. The van der Waals surface area contributed by atoms with E-state index in [-0.39, 0.29) is 40.1 Å². The molecule has 0 saturated carbocycles. The molecule has 0 aliphatic rings. The van der Waals surface area contributed by atoms with Gasteiger partial charge in [0.15, 0.2) is 16.6 Å². The Morgan fingerprint density at radius 3 is 1.32 bits per heavy atom. The normalized spacial score (nSPS) is 13.7. The number of nitrogens with one attached hydrogen (secondary N) is 1. The van der Waals surface area contributed by atoms with Gasteiger partial charge in [-0.2, -0.15) is 0 Å². The van der Waals surface area contributed by atoms with Crippen LogP contribution in [0, 0.1) is 5.92 Å². The molecule has 0 spiro atoms. The van der Waals surface area contributed by atoms with E-state index >= 15 is 0 Å². The highest BCUT2D eigenvalue weighted by atomic mass is 28.4. The van der Waals surface area contributed by atoms with Crippen molar-refractivity contribution >= 4 is 28.6 Å². The molecule has 0 heterocycles. The zero-order chi connectivity index (χ0) is 51.9. The predicted molar refractivity (Wildman–Crippen MR) is 305 cm³/mol. The van der Waals surface area contributed by atoms with Crippen LogP contribution in [0.5, 0.6) is 0 Å². The fraction of sp³-hybridized carbons (Fsp3) is 0.966. The third-order valence-corrected chi connectivity index (χ3v) is 24.7. The predicted octanol–water partition coefficient (Wildman–Crippen LogP) is 17.5. The molecule has 1 N–H and O–H groups in total. The first-order valence-electron chi connectivity index (χ1n) is 29.8. The van der Waals surface area contributed by atoms with Gasteiger partial charge in [0.2, 0.25) is 0 Å². The number of nitrogens with zero attached hydrogens (tertiary/aromatic N) is 1. The van der Waals surface area contributed by atoms with E-state index < -0.39 is 16.6 Å². The fourth-order valence-corrected chi connectivity index (χ4v) is 11.6. The second-order valence-corrected chi connectivity index (χ2v) is 33.9. The van der Waals surface area contributed by atoms with Crippen LogP contribution in [0.25, 0.3) is 0 Å². The fourth-order valence-electron chi connectivity index (χ4n) is 8.84. The molecule has 0 bridgehead atoms. The number of carbonyl (C=O) groups excluding carboxylic acids is 2. The van der Waals surface area contributed by atoms with Crippen molar-refractivity contribution in [2.45, 2.75) is 316 Å². The summed E-state index contributed by atoms with van der Waals surface area (Å²) >= 11 is 0. The van der Waals surface area contributed by atoms with Crippen molar-refractivity contribution in [2.24, 2.45) is 5.92 Å². The van der Waals surface area contributed by atoms with Gasteiger partial charge in [-0.3, -0.25) is 14.5 Å². The van der Waals surface area contributed by atoms with E-state index in [1.807, 2.05) is 7.05 Å². The van der Waals surface area contributed by atoms with Crippen LogP contribution >= 0.6 is 0 Å². The van der Waals surface area contributed by atoms with Crippen LogP contribution in [0.2, 0.25) is 36.3 Å². The van der Waals surface area contributed by atoms with Crippen LogP contribution in [-0.2, 0) is 27.9 Å². The van der Waals surface area contributed by atoms with Gasteiger partial charge in [0.1, 0.15) is 0 Å². The maximum Gasteiger partial charge on any atom is 0.308 e. The van der Waals surface area contributed by atoms with Gasteiger partial charge in [-0.25, -0.2) is 0 Å². The van der Waals surface area contributed by atoms with Crippen molar-refractivity contribution in [3.05, 3.63) is 0 Å². The summed E-state index contributed by atoms with van der Waals surface area (Å²) in [6.07, 6.45) is 36.8. The van der Waals surface area contributed by atoms with E-state index in [4.69, 9.17) is 18.3 Å². The smallest absolute Gasteiger partial charge is 0.308 e. The van der Waals surface area contributed by atoms with E-state index in [9.17, 15) is 9.59 Å². The van der Waals surface area contributed by atoms with Gasteiger partial charge < -0.3 is 23.6 Å². The van der Waals surface area contributed by atoms with Gasteiger partial charge in [-0.15, -0.1) is 0 Å². The first kappa shape index (κ1) is 68.2. The standard InChI is InChI=1S/C59H122N2O6Si2/c1-15-18-21-24-27-28-29-32-37-46-56(62)64-50-41-45-55(67-69(13,14)59(7,8)9)52-61(48-39-38-47-60-10)51-54(66-68(11,12)58(4,5)6)44-36-33-40-49-65-57(63)53(42-34-30-25-22-19-16-2)43-35-31-26-23-20-17-3/h53-55,60H,15-52H2,1-14H3. The summed E-state index contributed by atoms with van der Waals surface area (Å²) in [6, 6.07) is 0. The molecule has 2 atom stereocenters. The third kappa shape index (κ3) is 36.7. The number of ether oxygens (including phenoxy) is 2. The summed E-state index contributed by atoms with van der Waals surface area (Å²) in [5.41, 5.74) is 0. The largest absolute Gasteiger partial charge is 0.466 e. The minimum atomic E-state index is -2.08. The van der Waals surface area contributed by atoms with E-state index in [0.29, 0.717) is 19.6 Å². The summed E-state index contributed by atoms with van der Waals surface area (Å²) in [5.74, 6) is 0.0514. The molecule has 0 aliphatic heterocycles. The highest BCUT2D eigenvalue weighted by molar-refractivity contribution is 6.74. The molecule has 69 heavy (non-hydrogen) atoms. The van der Waals surface area contributed by atoms with Crippen molar-refractivity contribution in [3.63, 3.8) is 0 Å². The number of carbonyl (C=O) groups is 2. The van der Waals surface area contributed by atoms with Gasteiger partial charge in [0.05, 0.1) is 31.3 Å². The molecule has 0 aromatic rings. The molecule has 412 valence electrons. The Hall–Kier alpha value is -0.786. The summed E-state index contributed by atoms with van der Waals surface area (Å²) in [6.45, 7) is 35.1. The Morgan fingerprint density at radius 2 is 0.870 bits per heavy atom. The lowest BCUT2D eigenvalue weighted by Gasteiger charge is -2.42. The molecule has 2 unspecified atom stereocenters. The van der Waals surface area contributed by atoms with Crippen molar-refractivity contribution in [1.82, 2.24) is 10.2 Å². The van der Waals surface area contributed by atoms with Gasteiger partial charge in [0, 0.05) is 19.5 Å². The molecule has 0 fully saturated rings. The van der Waals surface area contributed by atoms with Gasteiger partial charge >= 0.3 is 11.9 Å². The van der Waals surface area contributed by atoms with E-state index in [1.165, 1.54) is 109 Å². The average molecular weight is 1010 g/mol. The number of rotatable bonds is 48. The molecular formula is C59H122N2O6Si2. The molecule has 8 nitrogen and oxygen atoms in total. The molecule has 10 heteroatoms. The number of esters is 2. The molecule has 0 amide bonds. The van der Waals surface area contributed by atoms with E-state index in [1.54, 1.807) is 0 Å². The third-order valence-electron chi connectivity index (χ3n) is 15.6. The number of hydrogen-bond acceptors (Lipinski definition) is 8. The van der Waals surface area contributed by atoms with Crippen molar-refractivity contribution in [1.29, 1.82) is 0 Å². The van der Waals surface area contributed by atoms with E-state index in [0.717, 1.165) is 116 Å². The van der Waals surface area contributed by atoms with Crippen molar-refractivity contribution in [3.8, 4) is 0 Å². The van der Waals surface area contributed by atoms with Gasteiger partial charge in [-0.1, -0.05) is 197 Å². The van der Waals surface area contributed by atoms with Crippen LogP contribution in [0.15, 0.2) is 0 Å². The zero-order valence-corrected chi connectivity index (χ0v) is 51.0. The molecular weight excluding hydrogens is 889 g/mol. The van der Waals surface area contributed by atoms with Crippen LogP contribution < -0.4 is 5.32 Å². The highest BCUT2D eigenvalue weighted by Gasteiger charge is 2.41. The molecule has 0 aromatic carbocycles. The molecule has 0 rings (SSSR count). The Labute approximate surface area is 433 Å². The topological polar surface area (TPSA) is 86.3 Å². The van der Waals surface area contributed by atoms with Gasteiger partial charge in [-0.05, 0) is 121 Å². The highest BCUT2D eigenvalue weighted by Crippen LogP contribution is 2.39. The number of unbranched alkanes of at least 4 members (excludes halogenated alkanes) is 21. The Kier molecular flexibility index (Phi) is 41.1. The van der Waals surface area contributed by atoms with Crippen molar-refractivity contribution < 1.29 is 27.9 Å². The Morgan fingerprint density at radius 1 is 0.478 bits per heavy atom. The molecule has 0 aliphatic carbocycles. The van der Waals surface area contributed by atoms with Crippen molar-refractivity contribution in [2.75, 3.05) is 46.4 Å². The molecule has 0 radical (unpaired) electrons. The second kappa shape index (κ2) is 41.6. The second-order valence-electron chi connectivity index (χ2n) is 24.3. The summed E-state index contributed by atoms with van der Waals surface area (Å²) in [4.78, 5) is 28.9. The molecule has 0 saturated heterocycles. The van der Waals surface area contributed by atoms with Crippen LogP contribution in [-0.4, -0.2) is 92.1 Å². The summed E-state index contributed by atoms with van der Waals surface area (Å²) < 4.78 is 26.4. The van der Waals surface area contributed by atoms with Crippen LogP contribution in [0.1, 0.15) is 268 Å². The SMILES string of the molecule is CCCCCCCCCCCC(=O)OCCCC(CN(CCCCNC)CC(CCCCCOC(=O)C(CCCCCCCC)CCCCCCCC)O[Si](C)(C)C(C)(C)C)O[Si](C)(C)C(C)(C)C. The minimum absolute atomic E-state index is 0.0480. The first-order valence-corrected chi connectivity index (χ1v) is 35.6. The first-order chi connectivity index (χ1) is 32.7. The summed E-state index contributed by atoms with van der Waals surface area (Å²) in [5, 5.41) is 3.56. The Bertz CT molecular complexity index is 1190. The lowest BCUT2D eigenvalue weighted by Crippen LogP contribution is -2.50. The quantitative estimate of drug-likeness (QED) is 0.0367. The average Bonchev–Trinajstić information content (AvgIpc) is 3.27. The van der Waals surface area contributed by atoms with E-state index in [2.05, 4.69) is 98.7 Å². The Balaban J connectivity index is 5.78. The van der Waals surface area contributed by atoms with Gasteiger partial charge in [0.25, 0.3) is 0 Å². The van der Waals surface area contributed by atoms with Crippen LogP contribution in [0.4, 0.5) is 0 Å². The maximum absolute atomic E-state index is 13.5. The zero-order valence-electron chi connectivity index (χ0n) is 49.0. The summed E-state index contributed by atoms with van der Waals surface area (Å²) in [7, 11) is -2.11. The minimum Gasteiger partial charge on any atom is -0.466 e. The number of hydrogen-bond donors (Lipinski definition) is 1. The lowest BCUT2D eigenvalue weighted by molar-refractivity contribution is -0.149. The van der Waals surface area contributed by atoms with Crippen LogP contribution in [0.3, 0.4) is 0 Å². The molecule has 0 aromatic heterocycles. The monoisotopic (exact) mass is 1010 g/mol.